The van der Waals surface area contributed by atoms with Crippen LogP contribution in [-0.2, 0) is 11.2 Å². The molecule has 0 aromatic heterocycles. The number of anilines is 1. The van der Waals surface area contributed by atoms with Gasteiger partial charge in [-0.1, -0.05) is 22.9 Å². The van der Waals surface area contributed by atoms with Gasteiger partial charge in [-0.25, -0.2) is 0 Å². The molecule has 0 saturated carbocycles. The van der Waals surface area contributed by atoms with Gasteiger partial charge in [0.2, 0.25) is 5.91 Å². The van der Waals surface area contributed by atoms with E-state index in [1.165, 1.54) is 5.56 Å². The molecule has 98 valence electrons. The molecule has 18 heavy (non-hydrogen) atoms. The van der Waals surface area contributed by atoms with Gasteiger partial charge in [-0.3, -0.25) is 4.79 Å². The Labute approximate surface area is 116 Å². The lowest BCUT2D eigenvalue weighted by Gasteiger charge is -2.18. The zero-order chi connectivity index (χ0) is 13.0. The molecule has 0 radical (unpaired) electrons. The topological polar surface area (TPSA) is 38.3 Å². The molecule has 0 bridgehead atoms. The van der Waals surface area contributed by atoms with E-state index in [4.69, 9.17) is 4.74 Å². The maximum atomic E-state index is 11.3. The third-order valence-corrected chi connectivity index (χ3v) is 4.17. The van der Waals surface area contributed by atoms with Crippen LogP contribution in [0.25, 0.3) is 0 Å². The predicted molar refractivity (Wildman–Crippen MR) is 76.5 cm³/mol. The fourth-order valence-corrected chi connectivity index (χ4v) is 2.58. The van der Waals surface area contributed by atoms with Crippen molar-refractivity contribution in [2.75, 3.05) is 17.3 Å². The number of benzene rings is 1. The van der Waals surface area contributed by atoms with Crippen LogP contribution in [0.15, 0.2) is 18.2 Å². The van der Waals surface area contributed by atoms with E-state index in [-0.39, 0.29) is 5.91 Å². The normalized spacial score (nSPS) is 15.8. The smallest absolute Gasteiger partial charge is 0.224 e. The molecule has 1 amide bonds. The molecule has 1 unspecified atom stereocenters. The van der Waals surface area contributed by atoms with E-state index in [0.29, 0.717) is 12.3 Å². The molecular formula is C14H18BrNO2. The highest BCUT2D eigenvalue weighted by atomic mass is 79.9. The molecule has 1 aliphatic heterocycles. The lowest BCUT2D eigenvalue weighted by atomic mass is 10.0. The Balaban J connectivity index is 2.01. The standard InChI is InChI=1S/C14H18BrNO2/c1-2-10(8-15)9-18-12-4-5-13-11(7-12)3-6-14(17)16-13/h4-5,7,10H,2-3,6,8-9H2,1H3,(H,16,17). The van der Waals surface area contributed by atoms with E-state index >= 15 is 0 Å². The fourth-order valence-electron chi connectivity index (χ4n) is 1.94. The molecule has 1 heterocycles. The summed E-state index contributed by atoms with van der Waals surface area (Å²) in [5, 5.41) is 3.84. The third kappa shape index (κ3) is 3.25. The van der Waals surface area contributed by atoms with Crippen molar-refractivity contribution >= 4 is 27.5 Å². The number of carbonyl (C=O) groups excluding carboxylic acids is 1. The average molecular weight is 312 g/mol. The number of rotatable bonds is 5. The molecule has 1 atom stereocenters. The quantitative estimate of drug-likeness (QED) is 0.847. The molecule has 0 spiro atoms. The first kappa shape index (κ1) is 13.4. The minimum atomic E-state index is 0.0986. The van der Waals surface area contributed by atoms with Crippen molar-refractivity contribution < 1.29 is 9.53 Å². The van der Waals surface area contributed by atoms with Gasteiger partial charge in [-0.15, -0.1) is 0 Å². The first-order valence-corrected chi connectivity index (χ1v) is 7.46. The number of alkyl halides is 1. The van der Waals surface area contributed by atoms with Gasteiger partial charge in [0.15, 0.2) is 0 Å². The Morgan fingerprint density at radius 2 is 2.28 bits per heavy atom. The first-order valence-electron chi connectivity index (χ1n) is 6.34. The lowest BCUT2D eigenvalue weighted by Crippen LogP contribution is -2.19. The summed E-state index contributed by atoms with van der Waals surface area (Å²) in [6.07, 6.45) is 2.47. The van der Waals surface area contributed by atoms with Gasteiger partial charge in [-0.05, 0) is 36.6 Å². The molecule has 0 aliphatic carbocycles. The van der Waals surface area contributed by atoms with E-state index in [1.54, 1.807) is 0 Å². The largest absolute Gasteiger partial charge is 0.493 e. The van der Waals surface area contributed by atoms with E-state index in [9.17, 15) is 4.79 Å². The highest BCUT2D eigenvalue weighted by molar-refractivity contribution is 9.09. The summed E-state index contributed by atoms with van der Waals surface area (Å²) in [6, 6.07) is 5.89. The summed E-state index contributed by atoms with van der Waals surface area (Å²) in [4.78, 5) is 11.3. The maximum absolute atomic E-state index is 11.3. The second kappa shape index (κ2) is 6.23. The van der Waals surface area contributed by atoms with Crippen molar-refractivity contribution in [3.05, 3.63) is 23.8 Å². The van der Waals surface area contributed by atoms with Crippen LogP contribution in [0.2, 0.25) is 0 Å². The van der Waals surface area contributed by atoms with Crippen LogP contribution in [0, 0.1) is 5.92 Å². The SMILES string of the molecule is CCC(CBr)COc1ccc2c(c1)CCC(=O)N2. The number of nitrogens with one attached hydrogen (secondary N) is 1. The average Bonchev–Trinajstić information content (AvgIpc) is 2.40. The van der Waals surface area contributed by atoms with Gasteiger partial charge >= 0.3 is 0 Å². The molecular weight excluding hydrogens is 294 g/mol. The predicted octanol–water partition coefficient (Wildman–Crippen LogP) is 3.37. The minimum Gasteiger partial charge on any atom is -0.493 e. The van der Waals surface area contributed by atoms with Crippen molar-refractivity contribution in [3.8, 4) is 5.75 Å². The van der Waals surface area contributed by atoms with E-state index in [0.717, 1.165) is 36.2 Å². The number of aryl methyl sites for hydroxylation is 1. The minimum absolute atomic E-state index is 0.0986. The van der Waals surface area contributed by atoms with Gasteiger partial charge in [0.1, 0.15) is 5.75 Å². The Kier molecular flexibility index (Phi) is 4.64. The lowest BCUT2D eigenvalue weighted by molar-refractivity contribution is -0.116. The number of amides is 1. The summed E-state index contributed by atoms with van der Waals surface area (Å²) >= 11 is 3.49. The van der Waals surface area contributed by atoms with Crippen LogP contribution in [0.1, 0.15) is 25.3 Å². The second-order valence-corrected chi connectivity index (χ2v) is 5.25. The number of hydrogen-bond acceptors (Lipinski definition) is 2. The number of carbonyl (C=O) groups is 1. The van der Waals surface area contributed by atoms with E-state index in [2.05, 4.69) is 28.2 Å². The zero-order valence-electron chi connectivity index (χ0n) is 10.5. The Morgan fingerprint density at radius 1 is 1.44 bits per heavy atom. The summed E-state index contributed by atoms with van der Waals surface area (Å²) in [7, 11) is 0. The van der Waals surface area contributed by atoms with Crippen LogP contribution < -0.4 is 10.1 Å². The number of halogens is 1. The summed E-state index contributed by atoms with van der Waals surface area (Å²) in [5.41, 5.74) is 2.09. The molecule has 1 aliphatic rings. The van der Waals surface area contributed by atoms with Gasteiger partial charge in [0, 0.05) is 23.4 Å². The number of ether oxygens (including phenoxy) is 1. The zero-order valence-corrected chi connectivity index (χ0v) is 12.1. The Bertz CT molecular complexity index is 430. The number of fused-ring (bicyclic) bond motifs is 1. The second-order valence-electron chi connectivity index (χ2n) is 4.61. The molecule has 0 saturated heterocycles. The van der Waals surface area contributed by atoms with Crippen LogP contribution in [0.4, 0.5) is 5.69 Å². The highest BCUT2D eigenvalue weighted by Crippen LogP contribution is 2.27. The maximum Gasteiger partial charge on any atom is 0.224 e. The van der Waals surface area contributed by atoms with Crippen molar-refractivity contribution in [1.82, 2.24) is 0 Å². The van der Waals surface area contributed by atoms with E-state index < -0.39 is 0 Å². The summed E-state index contributed by atoms with van der Waals surface area (Å²) in [6.45, 7) is 2.89. The van der Waals surface area contributed by atoms with Crippen molar-refractivity contribution in [2.24, 2.45) is 5.92 Å². The van der Waals surface area contributed by atoms with Crippen LogP contribution in [0.3, 0.4) is 0 Å². The van der Waals surface area contributed by atoms with Crippen LogP contribution in [0.5, 0.6) is 5.75 Å². The molecule has 4 heteroatoms. The van der Waals surface area contributed by atoms with Crippen LogP contribution >= 0.6 is 15.9 Å². The van der Waals surface area contributed by atoms with Crippen LogP contribution in [-0.4, -0.2) is 17.8 Å². The Hall–Kier alpha value is -1.03. The number of hydrogen-bond donors (Lipinski definition) is 1. The Morgan fingerprint density at radius 3 is 3.00 bits per heavy atom. The van der Waals surface area contributed by atoms with E-state index in [1.807, 2.05) is 18.2 Å². The third-order valence-electron chi connectivity index (χ3n) is 3.25. The summed E-state index contributed by atoms with van der Waals surface area (Å²) < 4.78 is 5.80. The molecule has 1 aromatic carbocycles. The van der Waals surface area contributed by atoms with Gasteiger partial charge < -0.3 is 10.1 Å². The monoisotopic (exact) mass is 311 g/mol. The molecule has 1 N–H and O–H groups in total. The van der Waals surface area contributed by atoms with Gasteiger partial charge in [-0.2, -0.15) is 0 Å². The molecule has 1 aromatic rings. The van der Waals surface area contributed by atoms with Gasteiger partial charge in [0.05, 0.1) is 6.61 Å². The molecule has 3 nitrogen and oxygen atoms in total. The van der Waals surface area contributed by atoms with Crippen molar-refractivity contribution in [2.45, 2.75) is 26.2 Å². The van der Waals surface area contributed by atoms with Gasteiger partial charge in [0.25, 0.3) is 0 Å². The van der Waals surface area contributed by atoms with Crippen molar-refractivity contribution in [1.29, 1.82) is 0 Å². The summed E-state index contributed by atoms with van der Waals surface area (Å²) in [5.74, 6) is 1.53. The fraction of sp³-hybridized carbons (Fsp3) is 0.500. The van der Waals surface area contributed by atoms with Crippen molar-refractivity contribution in [3.63, 3.8) is 0 Å². The highest BCUT2D eigenvalue weighted by Gasteiger charge is 2.15. The first-order chi connectivity index (χ1) is 8.72. The molecule has 2 rings (SSSR count). The molecule has 0 fully saturated rings.